The highest BCUT2D eigenvalue weighted by Gasteiger charge is 2.06. The first-order chi connectivity index (χ1) is 8.69. The molecule has 0 heterocycles. The zero-order valence-corrected chi connectivity index (χ0v) is 11.4. The number of aryl methyl sites for hydroxylation is 1. The molecule has 1 rings (SSSR count). The van der Waals surface area contributed by atoms with Gasteiger partial charge in [0.15, 0.2) is 0 Å². The molecule has 2 N–H and O–H groups in total. The van der Waals surface area contributed by atoms with Gasteiger partial charge in [0.05, 0.1) is 0 Å². The highest BCUT2D eigenvalue weighted by molar-refractivity contribution is 5.94. The predicted octanol–water partition coefficient (Wildman–Crippen LogP) is 2.19. The molecule has 0 unspecified atom stereocenters. The summed E-state index contributed by atoms with van der Waals surface area (Å²) in [5.74, 6) is -0.0156. The molecule has 1 amide bonds. The number of hydrogen-bond acceptors (Lipinski definition) is 3. The fourth-order valence-electron chi connectivity index (χ4n) is 1.76. The van der Waals surface area contributed by atoms with Crippen molar-refractivity contribution in [3.05, 3.63) is 29.3 Å². The summed E-state index contributed by atoms with van der Waals surface area (Å²) in [6.45, 7) is 3.42. The van der Waals surface area contributed by atoms with Crippen molar-refractivity contribution in [2.45, 2.75) is 19.8 Å². The average molecular weight is 250 g/mol. The maximum absolute atomic E-state index is 11.9. The molecule has 0 aliphatic rings. The Labute approximate surface area is 109 Å². The Bertz CT molecular complexity index is 391. The van der Waals surface area contributed by atoms with E-state index in [0.29, 0.717) is 12.1 Å². The van der Waals surface area contributed by atoms with Crippen LogP contribution < -0.4 is 10.6 Å². The first-order valence-corrected chi connectivity index (χ1v) is 6.24. The zero-order chi connectivity index (χ0) is 13.4. The van der Waals surface area contributed by atoms with Gasteiger partial charge in [-0.25, -0.2) is 0 Å². The van der Waals surface area contributed by atoms with Gasteiger partial charge >= 0.3 is 0 Å². The van der Waals surface area contributed by atoms with E-state index < -0.39 is 0 Å². The van der Waals surface area contributed by atoms with E-state index in [1.165, 1.54) is 0 Å². The van der Waals surface area contributed by atoms with E-state index in [1.807, 2.05) is 32.2 Å². The molecule has 0 saturated carbocycles. The van der Waals surface area contributed by atoms with Gasteiger partial charge in [0.25, 0.3) is 5.91 Å². The summed E-state index contributed by atoms with van der Waals surface area (Å²) in [6.07, 6.45) is 1.90. The number of benzene rings is 1. The minimum Gasteiger partial charge on any atom is -0.388 e. The van der Waals surface area contributed by atoms with E-state index in [2.05, 4.69) is 10.6 Å². The van der Waals surface area contributed by atoms with Gasteiger partial charge in [-0.15, -0.1) is 0 Å². The normalized spacial score (nSPS) is 10.2. The number of ether oxygens (including phenoxy) is 1. The summed E-state index contributed by atoms with van der Waals surface area (Å²) in [5, 5.41) is 5.99. The van der Waals surface area contributed by atoms with Crippen LogP contribution in [0.2, 0.25) is 0 Å². The molecule has 0 atom stereocenters. The molecular formula is C14H22N2O2. The van der Waals surface area contributed by atoms with Gasteiger partial charge in [-0.2, -0.15) is 0 Å². The molecule has 0 fully saturated rings. The molecule has 100 valence electrons. The van der Waals surface area contributed by atoms with E-state index in [4.69, 9.17) is 4.74 Å². The smallest absolute Gasteiger partial charge is 0.251 e. The molecule has 18 heavy (non-hydrogen) atoms. The second-order valence-corrected chi connectivity index (χ2v) is 4.24. The van der Waals surface area contributed by atoms with Crippen LogP contribution in [0.15, 0.2) is 18.2 Å². The predicted molar refractivity (Wildman–Crippen MR) is 74.2 cm³/mol. The number of hydrogen-bond donors (Lipinski definition) is 2. The molecule has 4 nitrogen and oxygen atoms in total. The van der Waals surface area contributed by atoms with Crippen LogP contribution in [-0.4, -0.2) is 33.2 Å². The Hall–Kier alpha value is -1.55. The summed E-state index contributed by atoms with van der Waals surface area (Å²) in [4.78, 5) is 11.9. The van der Waals surface area contributed by atoms with Crippen molar-refractivity contribution in [1.82, 2.24) is 5.32 Å². The van der Waals surface area contributed by atoms with Gasteiger partial charge in [0.1, 0.15) is 0 Å². The number of methoxy groups -OCH3 is 1. The number of carbonyl (C=O) groups excluding carboxylic acids is 1. The van der Waals surface area contributed by atoms with Crippen LogP contribution in [0.1, 0.15) is 28.8 Å². The third-order valence-electron chi connectivity index (χ3n) is 2.82. The minimum absolute atomic E-state index is 0.0156. The number of carbonyl (C=O) groups is 1. The van der Waals surface area contributed by atoms with Crippen LogP contribution in [0.5, 0.6) is 0 Å². The van der Waals surface area contributed by atoms with Crippen molar-refractivity contribution in [3.63, 3.8) is 0 Å². The topological polar surface area (TPSA) is 50.4 Å². The van der Waals surface area contributed by atoms with Crippen molar-refractivity contribution in [1.29, 1.82) is 0 Å². The number of nitrogens with one attached hydrogen (secondary N) is 2. The van der Waals surface area contributed by atoms with Gasteiger partial charge in [-0.3, -0.25) is 4.79 Å². The highest BCUT2D eigenvalue weighted by atomic mass is 16.5. The summed E-state index contributed by atoms with van der Waals surface area (Å²) < 4.78 is 4.96. The molecular weight excluding hydrogens is 228 g/mol. The number of rotatable bonds is 7. The van der Waals surface area contributed by atoms with Crippen LogP contribution >= 0.6 is 0 Å². The lowest BCUT2D eigenvalue weighted by Gasteiger charge is -2.08. The lowest BCUT2D eigenvalue weighted by Crippen LogP contribution is -2.24. The maximum Gasteiger partial charge on any atom is 0.251 e. The summed E-state index contributed by atoms with van der Waals surface area (Å²) >= 11 is 0. The van der Waals surface area contributed by atoms with Crippen molar-refractivity contribution in [3.8, 4) is 0 Å². The number of amides is 1. The largest absolute Gasteiger partial charge is 0.388 e. The second kappa shape index (κ2) is 7.71. The highest BCUT2D eigenvalue weighted by Crippen LogP contribution is 2.15. The van der Waals surface area contributed by atoms with Crippen LogP contribution in [0.3, 0.4) is 0 Å². The van der Waals surface area contributed by atoms with Crippen molar-refractivity contribution < 1.29 is 9.53 Å². The first kappa shape index (κ1) is 14.5. The Morgan fingerprint density at radius 1 is 1.33 bits per heavy atom. The third-order valence-corrected chi connectivity index (χ3v) is 2.82. The molecule has 0 spiro atoms. The van der Waals surface area contributed by atoms with Gasteiger partial charge < -0.3 is 15.4 Å². The van der Waals surface area contributed by atoms with Crippen molar-refractivity contribution >= 4 is 11.6 Å². The van der Waals surface area contributed by atoms with E-state index >= 15 is 0 Å². The molecule has 4 heteroatoms. The van der Waals surface area contributed by atoms with E-state index in [9.17, 15) is 4.79 Å². The Kier molecular flexibility index (Phi) is 6.22. The van der Waals surface area contributed by atoms with Gasteiger partial charge in [-0.05, 0) is 43.5 Å². The Morgan fingerprint density at radius 3 is 2.72 bits per heavy atom. The first-order valence-electron chi connectivity index (χ1n) is 6.24. The molecule has 0 radical (unpaired) electrons. The molecule has 0 bridgehead atoms. The zero-order valence-electron chi connectivity index (χ0n) is 11.4. The fraction of sp³-hybridized carbons (Fsp3) is 0.500. The second-order valence-electron chi connectivity index (χ2n) is 4.24. The summed E-state index contributed by atoms with van der Waals surface area (Å²) in [5.41, 5.74) is 2.83. The molecule has 1 aromatic rings. The van der Waals surface area contributed by atoms with E-state index in [1.54, 1.807) is 7.11 Å². The molecule has 0 aromatic heterocycles. The monoisotopic (exact) mass is 250 g/mol. The third kappa shape index (κ3) is 4.37. The molecule has 0 saturated heterocycles. The molecule has 0 aliphatic heterocycles. The lowest BCUT2D eigenvalue weighted by molar-refractivity contribution is 0.0951. The van der Waals surface area contributed by atoms with Crippen LogP contribution in [0.4, 0.5) is 5.69 Å². The quantitative estimate of drug-likeness (QED) is 0.729. The fourth-order valence-corrected chi connectivity index (χ4v) is 1.76. The van der Waals surface area contributed by atoms with Crippen LogP contribution in [0, 0.1) is 6.92 Å². The number of unbranched alkanes of at least 4 members (excludes halogenated alkanes) is 1. The van der Waals surface area contributed by atoms with E-state index in [-0.39, 0.29) is 5.91 Å². The van der Waals surface area contributed by atoms with Gasteiger partial charge in [0.2, 0.25) is 0 Å². The molecule has 0 aliphatic carbocycles. The van der Waals surface area contributed by atoms with Gasteiger partial charge in [-0.1, -0.05) is 0 Å². The Morgan fingerprint density at radius 2 is 2.11 bits per heavy atom. The lowest BCUT2D eigenvalue weighted by atomic mass is 10.1. The van der Waals surface area contributed by atoms with Crippen LogP contribution in [-0.2, 0) is 4.74 Å². The Balaban J connectivity index is 2.44. The van der Waals surface area contributed by atoms with Gasteiger partial charge in [0, 0.05) is 38.6 Å². The van der Waals surface area contributed by atoms with Crippen LogP contribution in [0.25, 0.3) is 0 Å². The molecule has 1 aromatic carbocycles. The van der Waals surface area contributed by atoms with Crippen molar-refractivity contribution in [2.24, 2.45) is 0 Å². The number of anilines is 1. The maximum atomic E-state index is 11.9. The van der Waals surface area contributed by atoms with Crippen molar-refractivity contribution in [2.75, 3.05) is 32.6 Å². The standard InChI is InChI=1S/C14H22N2O2/c1-11-10-12(6-7-13(11)15-2)14(17)16-8-4-5-9-18-3/h6-7,10,15H,4-5,8-9H2,1-3H3,(H,16,17). The summed E-state index contributed by atoms with van der Waals surface area (Å²) in [6, 6.07) is 5.66. The minimum atomic E-state index is -0.0156. The average Bonchev–Trinajstić information content (AvgIpc) is 2.38. The summed E-state index contributed by atoms with van der Waals surface area (Å²) in [7, 11) is 3.56. The SMILES string of the molecule is CNc1ccc(C(=O)NCCCCOC)cc1C. The van der Waals surface area contributed by atoms with E-state index in [0.717, 1.165) is 30.7 Å².